The third kappa shape index (κ3) is 20.2. The lowest BCUT2D eigenvalue weighted by atomic mass is 9.92. The number of nitrogens with zero attached hydrogens (tertiary/aromatic N) is 11. The standard InChI is InChI=1S/C24H28Cl2N4O2S.C18H19Cl2N5S.C12H6Cl3N3S.C11H22N2O2/c1-24(2,3)32-20(31)8-7-16-9-12-29(13-10-16)23-28-15-19(22-27-11-14-30(22)23)33-18-6-4-5-17(25)21(18)26;19-13-2-1-3-14(16(13)20)26-15-11-23-18(25-9-6-22-17(15)25)24-7-4-12(10-21)5-8-24;13-7-2-1-3-8(10(7)14)19-9-6-17-12(15)18-5-4-16-11(9)18;1-11(2,3)15-10(14)13-8-9-4-6-12-7-5-9/h4-6,11,14-16H,7-10,12-13H2,1-3H3;1-3,6,9,11-12H,4-5,7-8,10,21H2;1-6H;9,12H,4-8H2,1-3H3,(H,13,14). The van der Waals surface area contributed by atoms with Crippen LogP contribution < -0.4 is 26.2 Å². The van der Waals surface area contributed by atoms with E-state index in [0.29, 0.717) is 59.6 Å². The fourth-order valence-corrected chi connectivity index (χ4v) is 14.9. The first-order valence-corrected chi connectivity index (χ1v) is 35.7. The van der Waals surface area contributed by atoms with Crippen LogP contribution >= 0.6 is 116 Å². The molecule has 0 unspecified atom stereocenters. The number of ether oxygens (including phenoxy) is 2. The minimum atomic E-state index is -0.426. The molecule has 3 fully saturated rings. The zero-order chi connectivity index (χ0) is 66.4. The maximum absolute atomic E-state index is 12.0. The van der Waals surface area contributed by atoms with Crippen molar-refractivity contribution in [1.82, 2.24) is 53.7 Å². The molecule has 28 heteroatoms. The number of piperidine rings is 3. The molecule has 3 saturated heterocycles. The van der Waals surface area contributed by atoms with Crippen molar-refractivity contribution in [2.45, 2.75) is 133 Å². The van der Waals surface area contributed by atoms with E-state index < -0.39 is 11.2 Å². The normalized spacial score (nSPS) is 15.1. The third-order valence-electron chi connectivity index (χ3n) is 15.2. The Balaban J connectivity index is 0.000000152. The van der Waals surface area contributed by atoms with Crippen LogP contribution in [0.3, 0.4) is 0 Å². The summed E-state index contributed by atoms with van der Waals surface area (Å²) in [5.74, 6) is 3.43. The van der Waals surface area contributed by atoms with E-state index in [4.69, 9.17) is 106 Å². The van der Waals surface area contributed by atoms with Crippen LogP contribution in [0.1, 0.15) is 92.9 Å². The Kier molecular flexibility index (Phi) is 26.1. The quantitative estimate of drug-likeness (QED) is 0.0685. The first-order chi connectivity index (χ1) is 44.5. The maximum Gasteiger partial charge on any atom is 0.407 e. The van der Waals surface area contributed by atoms with Crippen LogP contribution in [0.15, 0.2) is 140 Å². The van der Waals surface area contributed by atoms with E-state index in [2.05, 4.69) is 40.4 Å². The van der Waals surface area contributed by atoms with Gasteiger partial charge in [-0.2, -0.15) is 0 Å². The summed E-state index contributed by atoms with van der Waals surface area (Å²) in [6.45, 7) is 18.7. The van der Waals surface area contributed by atoms with Gasteiger partial charge in [-0.15, -0.1) is 0 Å². The summed E-state index contributed by atoms with van der Waals surface area (Å²) in [6.07, 6.45) is 23.9. The summed E-state index contributed by atoms with van der Waals surface area (Å²) in [4.78, 5) is 60.3. The number of alkyl carbamates (subject to hydrolysis) is 1. The van der Waals surface area contributed by atoms with Gasteiger partial charge in [-0.1, -0.05) is 123 Å². The fraction of sp³-hybridized carbons (Fsp3) is 0.415. The molecule has 12 rings (SSSR count). The number of anilines is 2. The first kappa shape index (κ1) is 72.1. The van der Waals surface area contributed by atoms with E-state index >= 15 is 0 Å². The van der Waals surface area contributed by atoms with Gasteiger partial charge in [0.05, 0.1) is 44.8 Å². The van der Waals surface area contributed by atoms with Crippen molar-refractivity contribution in [3.05, 3.63) is 146 Å². The molecule has 4 N–H and O–H groups in total. The molecule has 9 heterocycles. The number of esters is 1. The molecular formula is C65H75Cl7N14O4S3. The molecule has 0 saturated carbocycles. The second kappa shape index (κ2) is 33.7. The average molecular weight is 1460 g/mol. The van der Waals surface area contributed by atoms with E-state index in [9.17, 15) is 9.59 Å². The molecule has 3 aliphatic heterocycles. The molecule has 18 nitrogen and oxygen atoms in total. The summed E-state index contributed by atoms with van der Waals surface area (Å²) >= 11 is 47.6. The molecule has 0 bridgehead atoms. The van der Waals surface area contributed by atoms with Crippen molar-refractivity contribution >= 4 is 157 Å². The molecule has 496 valence electrons. The van der Waals surface area contributed by atoms with E-state index in [1.807, 2.05) is 112 Å². The second-order valence-electron chi connectivity index (χ2n) is 24.4. The highest BCUT2D eigenvalue weighted by Gasteiger charge is 2.27. The molecule has 1 amide bonds. The predicted octanol–water partition coefficient (Wildman–Crippen LogP) is 17.2. The van der Waals surface area contributed by atoms with Gasteiger partial charge in [-0.25, -0.2) is 34.7 Å². The number of hydrogen-bond acceptors (Lipinski definition) is 17. The lowest BCUT2D eigenvalue weighted by molar-refractivity contribution is -0.155. The number of carbonyl (C=O) groups is 2. The van der Waals surface area contributed by atoms with Gasteiger partial charge in [0.1, 0.15) is 11.2 Å². The number of hydrogen-bond donors (Lipinski definition) is 3. The Bertz CT molecular complexity index is 3980. The summed E-state index contributed by atoms with van der Waals surface area (Å²) in [5.41, 5.74) is 7.42. The molecular weight excluding hydrogens is 1390 g/mol. The number of fused-ring (bicyclic) bond motifs is 3. The highest BCUT2D eigenvalue weighted by atomic mass is 35.5. The number of amides is 1. The van der Waals surface area contributed by atoms with Gasteiger partial charge in [-0.3, -0.25) is 18.0 Å². The number of aromatic nitrogens is 9. The van der Waals surface area contributed by atoms with Crippen molar-refractivity contribution in [2.24, 2.45) is 23.5 Å². The smallest absolute Gasteiger partial charge is 0.407 e. The third-order valence-corrected chi connectivity index (χ3v) is 21.5. The van der Waals surface area contributed by atoms with E-state index in [1.165, 1.54) is 35.3 Å². The van der Waals surface area contributed by atoms with Crippen molar-refractivity contribution < 1.29 is 19.1 Å². The lowest BCUT2D eigenvalue weighted by Crippen LogP contribution is -2.38. The maximum atomic E-state index is 12.0. The van der Waals surface area contributed by atoms with E-state index in [-0.39, 0.29) is 12.1 Å². The van der Waals surface area contributed by atoms with Crippen LogP contribution in [0, 0.1) is 17.8 Å². The van der Waals surface area contributed by atoms with E-state index in [1.54, 1.807) is 53.6 Å². The summed E-state index contributed by atoms with van der Waals surface area (Å²) in [7, 11) is 0. The second-order valence-corrected chi connectivity index (χ2v) is 30.3. The molecule has 0 spiro atoms. The molecule has 3 aliphatic rings. The van der Waals surface area contributed by atoms with Crippen LogP contribution in [0.5, 0.6) is 0 Å². The van der Waals surface area contributed by atoms with Gasteiger partial charge < -0.3 is 35.6 Å². The number of halogens is 7. The van der Waals surface area contributed by atoms with Gasteiger partial charge in [-0.05, 0) is 172 Å². The van der Waals surface area contributed by atoms with Gasteiger partial charge in [0.25, 0.3) is 0 Å². The fourth-order valence-electron chi connectivity index (χ4n) is 10.5. The van der Waals surface area contributed by atoms with Crippen molar-refractivity contribution in [3.8, 4) is 0 Å². The Labute approximate surface area is 590 Å². The number of imidazole rings is 3. The Morgan fingerprint density at radius 1 is 0.538 bits per heavy atom. The number of benzene rings is 3. The summed E-state index contributed by atoms with van der Waals surface area (Å²) in [5, 5.41) is 9.69. The zero-order valence-electron chi connectivity index (χ0n) is 52.4. The van der Waals surface area contributed by atoms with Crippen LogP contribution in [0.25, 0.3) is 16.9 Å². The monoisotopic (exact) mass is 1460 g/mol. The number of carbonyl (C=O) groups excluding carboxylic acids is 2. The summed E-state index contributed by atoms with van der Waals surface area (Å²) in [6, 6.07) is 16.7. The molecule has 0 radical (unpaired) electrons. The van der Waals surface area contributed by atoms with Crippen molar-refractivity contribution in [1.29, 1.82) is 0 Å². The minimum Gasteiger partial charge on any atom is -0.460 e. The predicted molar refractivity (Wildman–Crippen MR) is 380 cm³/mol. The average Bonchev–Trinajstić information content (AvgIpc) is 1.76. The van der Waals surface area contributed by atoms with Crippen LogP contribution in [-0.4, -0.2) is 119 Å². The topological polar surface area (TPSA) is 200 Å². The molecule has 93 heavy (non-hydrogen) atoms. The highest BCUT2D eigenvalue weighted by Crippen LogP contribution is 2.42. The largest absolute Gasteiger partial charge is 0.460 e. The number of nitrogens with two attached hydrogens (primary N) is 1. The Morgan fingerprint density at radius 3 is 1.38 bits per heavy atom. The minimum absolute atomic E-state index is 0.111. The number of rotatable bonds is 14. The van der Waals surface area contributed by atoms with Crippen molar-refractivity contribution in [2.75, 3.05) is 62.2 Å². The number of nitrogens with one attached hydrogen (secondary N) is 2. The Morgan fingerprint density at radius 2 is 0.946 bits per heavy atom. The van der Waals surface area contributed by atoms with Gasteiger partial charge in [0.15, 0.2) is 16.9 Å². The van der Waals surface area contributed by atoms with Gasteiger partial charge in [0.2, 0.25) is 17.2 Å². The van der Waals surface area contributed by atoms with Crippen molar-refractivity contribution in [3.63, 3.8) is 0 Å². The Hall–Kier alpha value is -5.14. The van der Waals surface area contributed by atoms with Crippen LogP contribution in [0.2, 0.25) is 35.4 Å². The SMILES string of the molecule is CC(C)(C)OC(=O)CCC1CCN(c2ncc(Sc3cccc(Cl)c3Cl)c3nccn23)CC1.CC(C)(C)OC(=O)NCC1CCNCC1.Clc1cccc(Sc2cnc(Cl)n3ccnc23)c1Cl.NCC1CCN(c2ncc(Sc3cccc(Cl)c3Cl)c3nccn23)CC1. The molecule has 9 aromatic rings. The molecule has 0 atom stereocenters. The first-order valence-electron chi connectivity index (χ1n) is 30.6. The van der Waals surface area contributed by atoms with E-state index in [0.717, 1.165) is 156 Å². The molecule has 3 aromatic carbocycles. The summed E-state index contributed by atoms with van der Waals surface area (Å²) < 4.78 is 16.4. The van der Waals surface area contributed by atoms with Crippen LogP contribution in [0.4, 0.5) is 16.7 Å². The molecule has 0 aliphatic carbocycles. The van der Waals surface area contributed by atoms with Gasteiger partial charge in [0, 0.05) is 110 Å². The zero-order valence-corrected chi connectivity index (χ0v) is 60.2. The van der Waals surface area contributed by atoms with Crippen LogP contribution in [-0.2, 0) is 14.3 Å². The lowest BCUT2D eigenvalue weighted by Gasteiger charge is -2.33. The molecule has 6 aromatic heterocycles. The van der Waals surface area contributed by atoms with Gasteiger partial charge >= 0.3 is 12.1 Å². The highest BCUT2D eigenvalue weighted by molar-refractivity contribution is 8.00.